The van der Waals surface area contributed by atoms with E-state index in [-0.39, 0.29) is 16.6 Å². The van der Waals surface area contributed by atoms with Crippen LogP contribution in [0.4, 0.5) is 5.82 Å². The minimum Gasteiger partial charge on any atom is -0.478 e. The molecule has 2 rings (SSSR count). The molecule has 20 heavy (non-hydrogen) atoms. The standard InChI is InChI=1S/C14H12Cl2N2O2/c1-8(9-2-4-10(15)5-3-9)18-13-6-11(14(19)20)12(16)7-17-13/h2-8H,1H3,(H,17,18)(H,19,20). The van der Waals surface area contributed by atoms with Crippen LogP contribution in [0.1, 0.15) is 28.9 Å². The molecule has 0 fully saturated rings. The highest BCUT2D eigenvalue weighted by Crippen LogP contribution is 2.23. The Bertz CT molecular complexity index is 630. The van der Waals surface area contributed by atoms with Crippen LogP contribution >= 0.6 is 23.2 Å². The van der Waals surface area contributed by atoms with E-state index in [0.717, 1.165) is 5.56 Å². The fourth-order valence-electron chi connectivity index (χ4n) is 1.74. The molecule has 104 valence electrons. The van der Waals surface area contributed by atoms with Crippen molar-refractivity contribution in [2.75, 3.05) is 5.32 Å². The van der Waals surface area contributed by atoms with Crippen molar-refractivity contribution in [1.29, 1.82) is 0 Å². The summed E-state index contributed by atoms with van der Waals surface area (Å²) in [5.41, 5.74) is 1.04. The van der Waals surface area contributed by atoms with Gasteiger partial charge in [-0.1, -0.05) is 35.3 Å². The molecule has 1 aromatic heterocycles. The number of carbonyl (C=O) groups is 1. The second kappa shape index (κ2) is 6.11. The number of anilines is 1. The zero-order valence-electron chi connectivity index (χ0n) is 10.6. The lowest BCUT2D eigenvalue weighted by atomic mass is 10.1. The molecule has 0 aliphatic carbocycles. The zero-order chi connectivity index (χ0) is 14.7. The van der Waals surface area contributed by atoms with Gasteiger partial charge in [0.1, 0.15) is 5.82 Å². The second-order valence-corrected chi connectivity index (χ2v) is 5.12. The van der Waals surface area contributed by atoms with Crippen LogP contribution in [0.15, 0.2) is 36.5 Å². The summed E-state index contributed by atoms with van der Waals surface area (Å²) in [4.78, 5) is 15.1. The van der Waals surface area contributed by atoms with Crippen LogP contribution in [0.25, 0.3) is 0 Å². The van der Waals surface area contributed by atoms with E-state index in [1.54, 1.807) is 12.1 Å². The van der Waals surface area contributed by atoms with Gasteiger partial charge in [-0.25, -0.2) is 9.78 Å². The number of rotatable bonds is 4. The lowest BCUT2D eigenvalue weighted by Gasteiger charge is -2.15. The highest BCUT2D eigenvalue weighted by molar-refractivity contribution is 6.33. The van der Waals surface area contributed by atoms with Crippen LogP contribution in [0.3, 0.4) is 0 Å². The van der Waals surface area contributed by atoms with Crippen LogP contribution in [-0.4, -0.2) is 16.1 Å². The highest BCUT2D eigenvalue weighted by Gasteiger charge is 2.12. The average molecular weight is 311 g/mol. The first-order valence-electron chi connectivity index (χ1n) is 5.88. The van der Waals surface area contributed by atoms with Crippen molar-refractivity contribution in [1.82, 2.24) is 4.98 Å². The van der Waals surface area contributed by atoms with E-state index in [0.29, 0.717) is 10.8 Å². The summed E-state index contributed by atoms with van der Waals surface area (Å²) in [6.07, 6.45) is 1.32. The Balaban J connectivity index is 2.19. The highest BCUT2D eigenvalue weighted by atomic mass is 35.5. The number of aromatic carboxylic acids is 1. The molecule has 0 saturated carbocycles. The lowest BCUT2D eigenvalue weighted by molar-refractivity contribution is 0.0697. The van der Waals surface area contributed by atoms with Crippen LogP contribution in [0.5, 0.6) is 0 Å². The van der Waals surface area contributed by atoms with Crippen molar-refractivity contribution < 1.29 is 9.90 Å². The number of hydrogen-bond acceptors (Lipinski definition) is 3. The number of aromatic nitrogens is 1. The van der Waals surface area contributed by atoms with Gasteiger partial charge in [-0.3, -0.25) is 0 Å². The van der Waals surface area contributed by atoms with Crippen LogP contribution < -0.4 is 5.32 Å². The molecular formula is C14H12Cl2N2O2. The number of nitrogens with one attached hydrogen (secondary N) is 1. The number of nitrogens with zero attached hydrogens (tertiary/aromatic N) is 1. The maximum absolute atomic E-state index is 11.0. The van der Waals surface area contributed by atoms with E-state index in [2.05, 4.69) is 10.3 Å². The molecule has 0 spiro atoms. The molecular weight excluding hydrogens is 299 g/mol. The van der Waals surface area contributed by atoms with E-state index in [1.807, 2.05) is 19.1 Å². The van der Waals surface area contributed by atoms with Crippen molar-refractivity contribution in [2.24, 2.45) is 0 Å². The van der Waals surface area contributed by atoms with E-state index in [9.17, 15) is 4.79 Å². The van der Waals surface area contributed by atoms with Gasteiger partial charge in [0.15, 0.2) is 0 Å². The van der Waals surface area contributed by atoms with Gasteiger partial charge >= 0.3 is 5.97 Å². The van der Waals surface area contributed by atoms with Gasteiger partial charge in [0.05, 0.1) is 10.6 Å². The first-order valence-corrected chi connectivity index (χ1v) is 6.64. The molecule has 0 aliphatic heterocycles. The third-order valence-electron chi connectivity index (χ3n) is 2.82. The Morgan fingerprint density at radius 1 is 1.30 bits per heavy atom. The normalized spacial score (nSPS) is 11.9. The molecule has 0 aliphatic rings. The topological polar surface area (TPSA) is 62.2 Å². The smallest absolute Gasteiger partial charge is 0.337 e. The molecule has 0 amide bonds. The van der Waals surface area contributed by atoms with Crippen molar-refractivity contribution in [3.05, 3.63) is 57.7 Å². The van der Waals surface area contributed by atoms with Crippen molar-refractivity contribution >= 4 is 35.0 Å². The van der Waals surface area contributed by atoms with Crippen LogP contribution in [0, 0.1) is 0 Å². The Kier molecular flexibility index (Phi) is 4.47. The van der Waals surface area contributed by atoms with E-state index in [4.69, 9.17) is 28.3 Å². The summed E-state index contributed by atoms with van der Waals surface area (Å²) in [6.45, 7) is 1.94. The quantitative estimate of drug-likeness (QED) is 0.885. The van der Waals surface area contributed by atoms with E-state index >= 15 is 0 Å². The molecule has 2 aromatic rings. The maximum Gasteiger partial charge on any atom is 0.337 e. The third-order valence-corrected chi connectivity index (χ3v) is 3.37. The van der Waals surface area contributed by atoms with Gasteiger partial charge < -0.3 is 10.4 Å². The van der Waals surface area contributed by atoms with Crippen molar-refractivity contribution in [3.8, 4) is 0 Å². The molecule has 1 aromatic carbocycles. The number of pyridine rings is 1. The van der Waals surface area contributed by atoms with E-state index < -0.39 is 5.97 Å². The lowest BCUT2D eigenvalue weighted by Crippen LogP contribution is -2.09. The second-order valence-electron chi connectivity index (χ2n) is 4.27. The zero-order valence-corrected chi connectivity index (χ0v) is 12.1. The number of benzene rings is 1. The number of hydrogen-bond donors (Lipinski definition) is 2. The number of halogens is 2. The molecule has 1 unspecified atom stereocenters. The predicted molar refractivity (Wildman–Crippen MR) is 79.7 cm³/mol. The molecule has 0 radical (unpaired) electrons. The van der Waals surface area contributed by atoms with Gasteiger partial charge in [-0.15, -0.1) is 0 Å². The minimum atomic E-state index is -1.08. The van der Waals surface area contributed by atoms with Crippen molar-refractivity contribution in [2.45, 2.75) is 13.0 Å². The summed E-state index contributed by atoms with van der Waals surface area (Å²) in [7, 11) is 0. The fourth-order valence-corrected chi connectivity index (χ4v) is 2.05. The summed E-state index contributed by atoms with van der Waals surface area (Å²) in [5.74, 6) is -0.631. The molecule has 1 heterocycles. The Morgan fingerprint density at radius 3 is 2.55 bits per heavy atom. The Labute approximate surface area is 126 Å². The van der Waals surface area contributed by atoms with Gasteiger partial charge in [0.25, 0.3) is 0 Å². The van der Waals surface area contributed by atoms with Crippen LogP contribution in [0.2, 0.25) is 10.0 Å². The Hall–Kier alpha value is -1.78. The average Bonchev–Trinajstić information content (AvgIpc) is 2.41. The maximum atomic E-state index is 11.0. The number of carboxylic acid groups (broad SMARTS) is 1. The van der Waals surface area contributed by atoms with Gasteiger partial charge in [-0.05, 0) is 30.7 Å². The molecule has 6 heteroatoms. The Morgan fingerprint density at radius 2 is 1.95 bits per heavy atom. The first-order chi connectivity index (χ1) is 9.47. The summed E-state index contributed by atoms with van der Waals surface area (Å²) >= 11 is 11.6. The minimum absolute atomic E-state index is 0.0208. The third kappa shape index (κ3) is 3.40. The molecule has 4 nitrogen and oxygen atoms in total. The van der Waals surface area contributed by atoms with Crippen molar-refractivity contribution in [3.63, 3.8) is 0 Å². The molecule has 2 N–H and O–H groups in total. The molecule has 1 atom stereocenters. The largest absolute Gasteiger partial charge is 0.478 e. The molecule has 0 saturated heterocycles. The summed E-state index contributed by atoms with van der Waals surface area (Å²) in [6, 6.07) is 8.77. The van der Waals surface area contributed by atoms with Crippen LogP contribution in [-0.2, 0) is 0 Å². The summed E-state index contributed by atoms with van der Waals surface area (Å²) < 4.78 is 0. The number of carboxylic acids is 1. The fraction of sp³-hybridized carbons (Fsp3) is 0.143. The predicted octanol–water partition coefficient (Wildman–Crippen LogP) is 4.26. The monoisotopic (exact) mass is 310 g/mol. The first kappa shape index (κ1) is 14.6. The summed E-state index contributed by atoms with van der Waals surface area (Å²) in [5, 5.41) is 12.9. The SMILES string of the molecule is CC(Nc1cc(C(=O)O)c(Cl)cn1)c1ccc(Cl)cc1. The van der Waals surface area contributed by atoms with Gasteiger partial charge in [-0.2, -0.15) is 0 Å². The van der Waals surface area contributed by atoms with Gasteiger partial charge in [0.2, 0.25) is 0 Å². The van der Waals surface area contributed by atoms with Gasteiger partial charge in [0, 0.05) is 17.3 Å². The molecule has 0 bridgehead atoms. The van der Waals surface area contributed by atoms with E-state index in [1.165, 1.54) is 12.3 Å².